The zero-order valence-corrected chi connectivity index (χ0v) is 12.6. The summed E-state index contributed by atoms with van der Waals surface area (Å²) in [6, 6.07) is 11.3. The zero-order valence-electron chi connectivity index (χ0n) is 11.8. The summed E-state index contributed by atoms with van der Waals surface area (Å²) >= 11 is 1.62. The van der Waals surface area contributed by atoms with Gasteiger partial charge in [0, 0.05) is 4.88 Å². The van der Waals surface area contributed by atoms with Crippen LogP contribution in [0, 0.1) is 18.3 Å². The number of hydrogen-bond acceptors (Lipinski definition) is 5. The molecule has 1 atom stereocenters. The number of benzene rings is 1. The van der Waals surface area contributed by atoms with E-state index in [0.717, 1.165) is 10.4 Å². The first kappa shape index (κ1) is 15.5. The SMILES string of the molecule is Cc1ccc(C#N)cc1OCC(O)COCc1cccs1. The number of aliphatic hydroxyl groups is 1. The first-order chi connectivity index (χ1) is 10.2. The number of thiophene rings is 1. The molecule has 0 aliphatic heterocycles. The van der Waals surface area contributed by atoms with Crippen molar-refractivity contribution in [1.29, 1.82) is 5.26 Å². The third-order valence-electron chi connectivity index (χ3n) is 2.88. The predicted octanol–water partition coefficient (Wildman–Crippen LogP) is 2.88. The Labute approximate surface area is 128 Å². The van der Waals surface area contributed by atoms with Gasteiger partial charge < -0.3 is 14.6 Å². The second kappa shape index (κ2) is 7.79. The summed E-state index contributed by atoms with van der Waals surface area (Å²) in [6.45, 7) is 2.75. The Kier molecular flexibility index (Phi) is 5.76. The third kappa shape index (κ3) is 4.87. The van der Waals surface area contributed by atoms with Crippen LogP contribution in [0.15, 0.2) is 35.7 Å². The molecule has 110 valence electrons. The monoisotopic (exact) mass is 303 g/mol. The molecule has 4 nitrogen and oxygen atoms in total. The van der Waals surface area contributed by atoms with E-state index >= 15 is 0 Å². The molecule has 1 unspecified atom stereocenters. The number of aryl methyl sites for hydroxylation is 1. The van der Waals surface area contributed by atoms with Crippen molar-refractivity contribution >= 4 is 11.3 Å². The summed E-state index contributed by atoms with van der Waals surface area (Å²) in [7, 11) is 0. The van der Waals surface area contributed by atoms with Gasteiger partial charge in [0.2, 0.25) is 0 Å². The van der Waals surface area contributed by atoms with Crippen molar-refractivity contribution in [2.24, 2.45) is 0 Å². The lowest BCUT2D eigenvalue weighted by atomic mass is 10.1. The van der Waals surface area contributed by atoms with Crippen molar-refractivity contribution in [2.45, 2.75) is 19.6 Å². The van der Waals surface area contributed by atoms with Crippen molar-refractivity contribution in [3.8, 4) is 11.8 Å². The van der Waals surface area contributed by atoms with E-state index in [-0.39, 0.29) is 13.2 Å². The minimum atomic E-state index is -0.699. The van der Waals surface area contributed by atoms with Gasteiger partial charge in [-0.2, -0.15) is 5.26 Å². The Balaban J connectivity index is 1.76. The summed E-state index contributed by atoms with van der Waals surface area (Å²) in [6.07, 6.45) is -0.699. The van der Waals surface area contributed by atoms with Crippen LogP contribution in [0.2, 0.25) is 0 Å². The van der Waals surface area contributed by atoms with Crippen molar-refractivity contribution < 1.29 is 14.6 Å². The highest BCUT2D eigenvalue weighted by Gasteiger charge is 2.08. The van der Waals surface area contributed by atoms with Gasteiger partial charge in [-0.25, -0.2) is 0 Å². The molecule has 5 heteroatoms. The van der Waals surface area contributed by atoms with Crippen molar-refractivity contribution in [3.05, 3.63) is 51.7 Å². The van der Waals surface area contributed by atoms with Crippen LogP contribution in [0.5, 0.6) is 5.75 Å². The molecule has 0 bridgehead atoms. The molecule has 21 heavy (non-hydrogen) atoms. The van der Waals surface area contributed by atoms with Crippen LogP contribution >= 0.6 is 11.3 Å². The summed E-state index contributed by atoms with van der Waals surface area (Å²) in [4.78, 5) is 1.13. The van der Waals surface area contributed by atoms with E-state index in [9.17, 15) is 5.11 Å². The van der Waals surface area contributed by atoms with E-state index in [1.807, 2.05) is 30.5 Å². The summed E-state index contributed by atoms with van der Waals surface area (Å²) in [5.74, 6) is 0.617. The highest BCUT2D eigenvalue weighted by molar-refractivity contribution is 7.09. The normalized spacial score (nSPS) is 11.9. The molecule has 0 aliphatic carbocycles. The number of aliphatic hydroxyl groups excluding tert-OH is 1. The Morgan fingerprint density at radius 2 is 2.19 bits per heavy atom. The minimum absolute atomic E-state index is 0.139. The van der Waals surface area contributed by atoms with E-state index in [0.29, 0.717) is 17.9 Å². The standard InChI is InChI=1S/C16H17NO3S/c1-12-4-5-13(8-17)7-16(12)20-10-14(18)9-19-11-15-3-2-6-21-15/h2-7,14,18H,9-11H2,1H3. The summed E-state index contributed by atoms with van der Waals surface area (Å²) in [5.41, 5.74) is 1.47. The maximum absolute atomic E-state index is 9.84. The van der Waals surface area contributed by atoms with Crippen LogP contribution < -0.4 is 4.74 Å². The van der Waals surface area contributed by atoms with E-state index < -0.39 is 6.10 Å². The third-order valence-corrected chi connectivity index (χ3v) is 3.73. The van der Waals surface area contributed by atoms with Gasteiger partial charge in [0.1, 0.15) is 18.5 Å². The van der Waals surface area contributed by atoms with Crippen LogP contribution in [0.3, 0.4) is 0 Å². The van der Waals surface area contributed by atoms with Gasteiger partial charge in [-0.1, -0.05) is 12.1 Å². The molecule has 0 saturated heterocycles. The fourth-order valence-electron chi connectivity index (χ4n) is 1.75. The van der Waals surface area contributed by atoms with E-state index in [4.69, 9.17) is 14.7 Å². The maximum atomic E-state index is 9.84. The number of nitriles is 1. The average molecular weight is 303 g/mol. The average Bonchev–Trinajstić information content (AvgIpc) is 3.00. The molecule has 0 fully saturated rings. The van der Waals surface area contributed by atoms with Crippen LogP contribution in [0.25, 0.3) is 0 Å². The molecule has 2 rings (SSSR count). The van der Waals surface area contributed by atoms with Gasteiger partial charge in [0.05, 0.1) is 24.8 Å². The fraction of sp³-hybridized carbons (Fsp3) is 0.312. The number of rotatable bonds is 7. The Morgan fingerprint density at radius 1 is 1.33 bits per heavy atom. The van der Waals surface area contributed by atoms with Gasteiger partial charge >= 0.3 is 0 Å². The van der Waals surface area contributed by atoms with Gasteiger partial charge in [0.25, 0.3) is 0 Å². The molecular formula is C16H17NO3S. The molecular weight excluding hydrogens is 286 g/mol. The summed E-state index contributed by atoms with van der Waals surface area (Å²) < 4.78 is 11.0. The maximum Gasteiger partial charge on any atom is 0.123 e. The topological polar surface area (TPSA) is 62.5 Å². The molecule has 0 amide bonds. The smallest absolute Gasteiger partial charge is 0.123 e. The predicted molar refractivity (Wildman–Crippen MR) is 81.4 cm³/mol. The first-order valence-corrected chi connectivity index (χ1v) is 7.48. The van der Waals surface area contributed by atoms with E-state index in [1.54, 1.807) is 23.5 Å². The quantitative estimate of drug-likeness (QED) is 0.854. The first-order valence-electron chi connectivity index (χ1n) is 6.61. The minimum Gasteiger partial charge on any atom is -0.490 e. The van der Waals surface area contributed by atoms with E-state index in [1.165, 1.54) is 0 Å². The highest BCUT2D eigenvalue weighted by Crippen LogP contribution is 2.19. The summed E-state index contributed by atoms with van der Waals surface area (Å²) in [5, 5.41) is 20.7. The highest BCUT2D eigenvalue weighted by atomic mass is 32.1. The second-order valence-electron chi connectivity index (χ2n) is 4.65. The molecule has 0 spiro atoms. The molecule has 0 saturated carbocycles. The van der Waals surface area contributed by atoms with Crippen LogP contribution in [0.1, 0.15) is 16.0 Å². The van der Waals surface area contributed by atoms with Crippen molar-refractivity contribution in [1.82, 2.24) is 0 Å². The van der Waals surface area contributed by atoms with Gasteiger partial charge in [0.15, 0.2) is 0 Å². The van der Waals surface area contributed by atoms with Gasteiger partial charge in [-0.15, -0.1) is 11.3 Å². The Hall–Kier alpha value is -1.87. The van der Waals surface area contributed by atoms with Crippen LogP contribution in [0.4, 0.5) is 0 Å². The fourth-order valence-corrected chi connectivity index (χ4v) is 2.39. The Morgan fingerprint density at radius 3 is 2.90 bits per heavy atom. The number of nitrogens with zero attached hydrogens (tertiary/aromatic N) is 1. The van der Waals surface area contributed by atoms with Crippen LogP contribution in [-0.2, 0) is 11.3 Å². The van der Waals surface area contributed by atoms with Gasteiger partial charge in [-0.05, 0) is 36.1 Å². The lowest BCUT2D eigenvalue weighted by Crippen LogP contribution is -2.23. The molecule has 0 aliphatic rings. The van der Waals surface area contributed by atoms with Gasteiger partial charge in [-0.3, -0.25) is 0 Å². The largest absolute Gasteiger partial charge is 0.490 e. The lowest BCUT2D eigenvalue weighted by molar-refractivity contribution is 0.00613. The number of hydrogen-bond donors (Lipinski definition) is 1. The number of ether oxygens (including phenoxy) is 2. The molecule has 2 aromatic rings. The molecule has 1 N–H and O–H groups in total. The Bertz CT molecular complexity index is 604. The van der Waals surface area contributed by atoms with Crippen molar-refractivity contribution in [3.63, 3.8) is 0 Å². The molecule has 0 radical (unpaired) electrons. The van der Waals surface area contributed by atoms with E-state index in [2.05, 4.69) is 6.07 Å². The van der Waals surface area contributed by atoms with Crippen molar-refractivity contribution in [2.75, 3.05) is 13.2 Å². The molecule has 1 aromatic heterocycles. The molecule has 1 heterocycles. The second-order valence-corrected chi connectivity index (χ2v) is 5.68. The van der Waals surface area contributed by atoms with Crippen LogP contribution in [-0.4, -0.2) is 24.4 Å². The molecule has 1 aromatic carbocycles. The lowest BCUT2D eigenvalue weighted by Gasteiger charge is -2.14. The zero-order chi connectivity index (χ0) is 15.1.